The van der Waals surface area contributed by atoms with Gasteiger partial charge in [-0.05, 0) is 60.6 Å². The van der Waals surface area contributed by atoms with Crippen LogP contribution in [-0.2, 0) is 35.2 Å². The molecule has 3 aliphatic carbocycles. The van der Waals surface area contributed by atoms with Crippen LogP contribution in [0.2, 0.25) is 0 Å². The second-order valence-electron chi connectivity index (χ2n) is 12.5. The Balaban J connectivity index is 1.58. The fourth-order valence-corrected chi connectivity index (χ4v) is 8.85. The Morgan fingerprint density at radius 3 is 2.64 bits per heavy atom. The van der Waals surface area contributed by atoms with E-state index in [9.17, 15) is 23.1 Å². The molecule has 2 bridgehead atoms. The number of esters is 1. The summed E-state index contributed by atoms with van der Waals surface area (Å²) in [5.41, 5.74) is -0.847. The predicted octanol–water partition coefficient (Wildman–Crippen LogP) is 5.16. The summed E-state index contributed by atoms with van der Waals surface area (Å²) < 4.78 is 33.8. The van der Waals surface area contributed by atoms with E-state index in [1.165, 1.54) is 11.8 Å². The molecule has 8 atom stereocenters. The topological polar surface area (TPSA) is 107 Å². The van der Waals surface area contributed by atoms with Gasteiger partial charge < -0.3 is 9.84 Å². The Kier molecular flexibility index (Phi) is 8.50. The van der Waals surface area contributed by atoms with Crippen LogP contribution in [0.1, 0.15) is 65.4 Å². The van der Waals surface area contributed by atoms with Crippen LogP contribution in [0.15, 0.2) is 41.8 Å². The molecule has 4 rings (SSSR count). The summed E-state index contributed by atoms with van der Waals surface area (Å²) in [6.07, 6.45) is 5.04. The Labute approximate surface area is 237 Å². The molecule has 0 heterocycles. The molecule has 7 nitrogen and oxygen atoms in total. The van der Waals surface area contributed by atoms with Crippen LogP contribution < -0.4 is 0 Å². The maximum atomic E-state index is 13.5. The van der Waals surface area contributed by atoms with E-state index in [0.717, 1.165) is 30.4 Å². The van der Waals surface area contributed by atoms with Crippen molar-refractivity contribution < 1.29 is 32.0 Å². The molecule has 0 radical (unpaired) electrons. The number of aliphatic hydroxyl groups excluding tert-OH is 1. The van der Waals surface area contributed by atoms with Crippen molar-refractivity contribution in [3.63, 3.8) is 0 Å². The lowest BCUT2D eigenvalue weighted by Gasteiger charge is -2.61. The van der Waals surface area contributed by atoms with Crippen LogP contribution in [0, 0.1) is 34.0 Å². The van der Waals surface area contributed by atoms with Crippen LogP contribution in [-0.4, -0.2) is 49.5 Å². The van der Waals surface area contributed by atoms with Crippen molar-refractivity contribution in [1.82, 2.24) is 0 Å². The van der Waals surface area contributed by atoms with Crippen molar-refractivity contribution in [3.8, 4) is 0 Å². The van der Waals surface area contributed by atoms with Gasteiger partial charge in [-0.1, -0.05) is 45.9 Å². The van der Waals surface area contributed by atoms with Crippen LogP contribution in [0.3, 0.4) is 0 Å². The number of benzene rings is 1. The van der Waals surface area contributed by atoms with Gasteiger partial charge in [-0.3, -0.25) is 13.8 Å². The van der Waals surface area contributed by atoms with E-state index >= 15 is 0 Å². The Morgan fingerprint density at radius 1 is 1.26 bits per heavy atom. The SMILES string of the molecule is C=C[C@]1(C)C[C@@H](OC(=O)CSc2cccc(COS(C)(=O)=O)c2)[C@]2(C)C(C)CCC3(CCC(=O)C32)[C@@H](C)[C@@H]1O. The van der Waals surface area contributed by atoms with Gasteiger partial charge in [0, 0.05) is 28.1 Å². The van der Waals surface area contributed by atoms with E-state index in [4.69, 9.17) is 8.92 Å². The van der Waals surface area contributed by atoms with Crippen LogP contribution >= 0.6 is 11.8 Å². The minimum Gasteiger partial charge on any atom is -0.461 e. The summed E-state index contributed by atoms with van der Waals surface area (Å²) in [4.78, 5) is 27.6. The normalized spacial score (nSPS) is 38.4. The van der Waals surface area contributed by atoms with E-state index in [-0.39, 0.29) is 47.3 Å². The summed E-state index contributed by atoms with van der Waals surface area (Å²) >= 11 is 1.31. The summed E-state index contributed by atoms with van der Waals surface area (Å²) in [5.74, 6) is -0.253. The maximum Gasteiger partial charge on any atom is 0.316 e. The molecule has 3 aliphatic rings. The number of rotatable bonds is 8. The van der Waals surface area contributed by atoms with Gasteiger partial charge >= 0.3 is 5.97 Å². The van der Waals surface area contributed by atoms with E-state index in [0.29, 0.717) is 18.4 Å². The molecule has 1 aromatic rings. The standard InChI is InChI=1S/C30H42O7S2/c1-7-28(4)16-24(37-25(32)18-38-22-10-8-9-21(15-22)17-36-39(6,34)35)29(5)19(2)11-13-30(20(3)27(28)33)14-12-23(31)26(29)30/h7-10,15,19-20,24,26-27,33H,1,11-14,16-18H2,2-6H3/t19?,20-,24+,26?,27-,28+,29-,30?/m0/s1. The molecule has 1 N–H and O–H groups in total. The van der Waals surface area contributed by atoms with E-state index < -0.39 is 33.2 Å². The second kappa shape index (κ2) is 11.0. The highest BCUT2D eigenvalue weighted by Gasteiger charge is 2.68. The Morgan fingerprint density at radius 2 is 1.97 bits per heavy atom. The summed E-state index contributed by atoms with van der Waals surface area (Å²) in [6, 6.07) is 7.19. The van der Waals surface area contributed by atoms with Gasteiger partial charge in [-0.25, -0.2) is 0 Å². The molecule has 0 aliphatic heterocycles. The number of Topliss-reactive ketones (excluding diaryl/α,β-unsaturated/α-hetero) is 1. The van der Waals surface area contributed by atoms with Crippen molar-refractivity contribution in [2.75, 3.05) is 12.0 Å². The highest BCUT2D eigenvalue weighted by atomic mass is 32.2. The molecule has 39 heavy (non-hydrogen) atoms. The first-order valence-corrected chi connectivity index (χ1v) is 16.6. The molecular formula is C30H42O7S2. The third-order valence-corrected chi connectivity index (χ3v) is 11.8. The van der Waals surface area contributed by atoms with Crippen LogP contribution in [0.25, 0.3) is 0 Å². The van der Waals surface area contributed by atoms with Crippen molar-refractivity contribution in [2.45, 2.75) is 83.5 Å². The zero-order valence-electron chi connectivity index (χ0n) is 23.6. The quantitative estimate of drug-likeness (QED) is 0.195. The first kappa shape index (κ1) is 30.3. The number of thioether (sulfide) groups is 1. The average Bonchev–Trinajstić information content (AvgIpc) is 3.24. The smallest absolute Gasteiger partial charge is 0.316 e. The molecule has 0 aromatic heterocycles. The first-order chi connectivity index (χ1) is 18.2. The fourth-order valence-electron chi connectivity index (χ4n) is 7.74. The number of ketones is 1. The van der Waals surface area contributed by atoms with Crippen molar-refractivity contribution in [2.24, 2.45) is 34.0 Å². The zero-order valence-corrected chi connectivity index (χ0v) is 25.3. The predicted molar refractivity (Wildman–Crippen MR) is 151 cm³/mol. The number of carbonyl (C=O) groups is 2. The summed E-state index contributed by atoms with van der Waals surface area (Å²) in [5, 5.41) is 11.6. The van der Waals surface area contributed by atoms with E-state index in [2.05, 4.69) is 27.4 Å². The van der Waals surface area contributed by atoms with Gasteiger partial charge in [0.15, 0.2) is 0 Å². The molecule has 1 aromatic carbocycles. The van der Waals surface area contributed by atoms with Crippen molar-refractivity contribution in [1.29, 1.82) is 0 Å². The first-order valence-electron chi connectivity index (χ1n) is 13.8. The molecule has 0 spiro atoms. The number of aliphatic hydroxyl groups is 1. The highest BCUT2D eigenvalue weighted by molar-refractivity contribution is 8.00. The Bertz CT molecular complexity index is 1230. The van der Waals surface area contributed by atoms with Crippen molar-refractivity contribution in [3.05, 3.63) is 42.5 Å². The van der Waals surface area contributed by atoms with Gasteiger partial charge in [0.1, 0.15) is 11.9 Å². The third-order valence-electron chi connectivity index (χ3n) is 10.3. The van der Waals surface area contributed by atoms with E-state index in [1.54, 1.807) is 24.3 Å². The second-order valence-corrected chi connectivity index (χ2v) is 15.2. The zero-order chi connectivity index (χ0) is 28.8. The number of hydrogen-bond acceptors (Lipinski definition) is 8. The lowest BCUT2D eigenvalue weighted by atomic mass is 9.44. The third kappa shape index (κ3) is 5.61. The molecule has 3 fully saturated rings. The van der Waals surface area contributed by atoms with Gasteiger partial charge in [-0.2, -0.15) is 8.42 Å². The number of hydrogen-bond donors (Lipinski definition) is 1. The van der Waals surface area contributed by atoms with Gasteiger partial charge in [-0.15, -0.1) is 18.3 Å². The van der Waals surface area contributed by atoms with Crippen molar-refractivity contribution >= 4 is 33.6 Å². The maximum absolute atomic E-state index is 13.5. The minimum absolute atomic E-state index is 0.0604. The molecule has 3 unspecified atom stereocenters. The van der Waals surface area contributed by atoms with Crippen LogP contribution in [0.5, 0.6) is 0 Å². The highest BCUT2D eigenvalue weighted by Crippen LogP contribution is 2.68. The number of ether oxygens (including phenoxy) is 1. The fraction of sp³-hybridized carbons (Fsp3) is 0.667. The molecule has 3 saturated carbocycles. The van der Waals surface area contributed by atoms with Gasteiger partial charge in [0.05, 0.1) is 24.7 Å². The molecule has 9 heteroatoms. The molecule has 216 valence electrons. The summed E-state index contributed by atoms with van der Waals surface area (Å²) in [7, 11) is -3.56. The molecular weight excluding hydrogens is 536 g/mol. The number of carbonyl (C=O) groups excluding carboxylic acids is 2. The molecule has 0 amide bonds. The monoisotopic (exact) mass is 578 g/mol. The lowest BCUT2D eigenvalue weighted by molar-refractivity contribution is -0.205. The lowest BCUT2D eigenvalue weighted by Crippen LogP contribution is -2.63. The van der Waals surface area contributed by atoms with E-state index in [1.807, 2.05) is 13.0 Å². The largest absolute Gasteiger partial charge is 0.461 e. The minimum atomic E-state index is -3.56. The average molecular weight is 579 g/mol. The summed E-state index contributed by atoms with van der Waals surface area (Å²) in [6.45, 7) is 12.4. The Hall–Kier alpha value is -1.68. The molecule has 0 saturated heterocycles. The van der Waals surface area contributed by atoms with Gasteiger partial charge in [0.2, 0.25) is 0 Å². The van der Waals surface area contributed by atoms with Crippen LogP contribution in [0.4, 0.5) is 0 Å². The van der Waals surface area contributed by atoms with Gasteiger partial charge in [0.25, 0.3) is 10.1 Å².